The molecule has 1 N–H and O–H groups in total. The minimum atomic E-state index is -1.09. The second-order valence-corrected chi connectivity index (χ2v) is 6.94. The number of carbonyl (C=O) groups is 1. The summed E-state index contributed by atoms with van der Waals surface area (Å²) in [5.74, 6) is -0.595. The van der Waals surface area contributed by atoms with E-state index in [0.717, 1.165) is 5.56 Å². The van der Waals surface area contributed by atoms with Crippen molar-refractivity contribution < 1.29 is 24.1 Å². The quantitative estimate of drug-likeness (QED) is 0.826. The zero-order valence-electron chi connectivity index (χ0n) is 13.2. The van der Waals surface area contributed by atoms with Crippen LogP contribution in [0.1, 0.15) is 25.7 Å². The van der Waals surface area contributed by atoms with E-state index in [4.69, 9.17) is 14.2 Å². The molecule has 0 unspecified atom stereocenters. The second-order valence-electron chi connectivity index (χ2n) is 6.94. The summed E-state index contributed by atoms with van der Waals surface area (Å²) >= 11 is 0. The highest BCUT2D eigenvalue weighted by molar-refractivity contribution is 5.86. The molecule has 0 radical (unpaired) electrons. The Hall–Kier alpha value is -1.47. The van der Waals surface area contributed by atoms with Gasteiger partial charge in [-0.15, -0.1) is 0 Å². The van der Waals surface area contributed by atoms with E-state index in [2.05, 4.69) is 0 Å². The van der Waals surface area contributed by atoms with E-state index >= 15 is 0 Å². The van der Waals surface area contributed by atoms with Crippen LogP contribution in [0.2, 0.25) is 0 Å². The Morgan fingerprint density at radius 2 is 1.91 bits per heavy atom. The first-order chi connectivity index (χ1) is 10.9. The van der Waals surface area contributed by atoms with Crippen molar-refractivity contribution in [3.63, 3.8) is 0 Å². The van der Waals surface area contributed by atoms with Crippen LogP contribution in [0.4, 0.5) is 0 Å². The molecular formula is C17H21NO5. The number of carbonyl (C=O) groups excluding carboxylic acids is 1. The number of aliphatic hydroxyl groups is 1. The van der Waals surface area contributed by atoms with Crippen molar-refractivity contribution in [2.45, 2.75) is 44.2 Å². The van der Waals surface area contributed by atoms with E-state index in [-0.39, 0.29) is 24.3 Å². The Labute approximate surface area is 134 Å². The third kappa shape index (κ3) is 2.46. The van der Waals surface area contributed by atoms with E-state index in [1.165, 1.54) is 0 Å². The highest BCUT2D eigenvalue weighted by Crippen LogP contribution is 2.42. The van der Waals surface area contributed by atoms with Crippen LogP contribution in [-0.4, -0.2) is 53.1 Å². The van der Waals surface area contributed by atoms with Gasteiger partial charge in [-0.2, -0.15) is 0 Å². The number of hydrogen-bond donors (Lipinski definition) is 1. The summed E-state index contributed by atoms with van der Waals surface area (Å²) in [6, 6.07) is 9.73. The van der Waals surface area contributed by atoms with E-state index in [1.54, 1.807) is 18.7 Å². The molecule has 124 valence electrons. The first kappa shape index (κ1) is 15.1. The molecule has 6 heteroatoms. The summed E-state index contributed by atoms with van der Waals surface area (Å²) in [5, 5.41) is 10.1. The van der Waals surface area contributed by atoms with Gasteiger partial charge in [0.1, 0.15) is 24.4 Å². The van der Waals surface area contributed by atoms with Gasteiger partial charge in [0.05, 0.1) is 18.8 Å². The SMILES string of the molecule is CC(C)(O)[C@@H]1C(=O)N2C[C@@H]3O[C@H](c4ccccc4)OC[C@H]3O[C@H]12. The normalized spacial score (nSPS) is 36.9. The van der Waals surface area contributed by atoms with Crippen molar-refractivity contribution >= 4 is 5.91 Å². The van der Waals surface area contributed by atoms with Gasteiger partial charge in [-0.3, -0.25) is 4.79 Å². The lowest BCUT2D eigenvalue weighted by Gasteiger charge is -2.57. The monoisotopic (exact) mass is 319 g/mol. The van der Waals surface area contributed by atoms with Crippen LogP contribution >= 0.6 is 0 Å². The molecule has 3 aliphatic heterocycles. The number of nitrogens with zero attached hydrogens (tertiary/aromatic N) is 1. The molecule has 3 heterocycles. The van der Waals surface area contributed by atoms with E-state index < -0.39 is 17.8 Å². The number of β-lactam (4-membered cyclic amide) rings is 1. The van der Waals surface area contributed by atoms with Crippen LogP contribution in [0.25, 0.3) is 0 Å². The summed E-state index contributed by atoms with van der Waals surface area (Å²) in [4.78, 5) is 13.9. The largest absolute Gasteiger partial charge is 0.389 e. The molecule has 3 aliphatic rings. The number of fused-ring (bicyclic) bond motifs is 2. The molecular weight excluding hydrogens is 298 g/mol. The second kappa shape index (κ2) is 5.27. The Bertz CT molecular complexity index is 599. The van der Waals surface area contributed by atoms with Gasteiger partial charge in [-0.25, -0.2) is 0 Å². The van der Waals surface area contributed by atoms with Gasteiger partial charge in [0.2, 0.25) is 5.91 Å². The summed E-state index contributed by atoms with van der Waals surface area (Å²) in [6.45, 7) is 4.18. The molecule has 0 aliphatic carbocycles. The van der Waals surface area contributed by atoms with Gasteiger partial charge in [0, 0.05) is 5.56 Å². The fourth-order valence-corrected chi connectivity index (χ4v) is 3.54. The number of benzene rings is 1. The molecule has 3 saturated heterocycles. The van der Waals surface area contributed by atoms with Gasteiger partial charge in [-0.1, -0.05) is 30.3 Å². The van der Waals surface area contributed by atoms with Crippen molar-refractivity contribution in [3.8, 4) is 0 Å². The van der Waals surface area contributed by atoms with Crippen LogP contribution in [0.3, 0.4) is 0 Å². The zero-order valence-corrected chi connectivity index (χ0v) is 13.2. The van der Waals surface area contributed by atoms with Gasteiger partial charge in [-0.05, 0) is 13.8 Å². The number of amides is 1. The first-order valence-corrected chi connectivity index (χ1v) is 7.95. The maximum absolute atomic E-state index is 12.3. The standard InChI is InChI=1S/C17H21NO5/c1-17(2,20)13-14(19)18-8-11-12(22-15(13)18)9-21-16(23-11)10-6-4-3-5-7-10/h3-7,11-13,15-16,20H,8-9H2,1-2H3/t11-,12+,13+,15+,16+/m0/s1. The molecule has 0 aromatic heterocycles. The molecule has 3 fully saturated rings. The molecule has 1 aromatic rings. The molecule has 1 amide bonds. The summed E-state index contributed by atoms with van der Waals surface area (Å²) < 4.78 is 17.7. The molecule has 0 saturated carbocycles. The molecule has 4 rings (SSSR count). The Morgan fingerprint density at radius 1 is 1.17 bits per heavy atom. The summed E-state index contributed by atoms with van der Waals surface area (Å²) in [5.41, 5.74) is -0.133. The minimum Gasteiger partial charge on any atom is -0.389 e. The average molecular weight is 319 g/mol. The van der Waals surface area contributed by atoms with E-state index in [1.807, 2.05) is 30.3 Å². The number of hydrogen-bond acceptors (Lipinski definition) is 5. The lowest BCUT2D eigenvalue weighted by molar-refractivity contribution is -0.332. The van der Waals surface area contributed by atoms with E-state index in [9.17, 15) is 9.90 Å². The third-order valence-electron chi connectivity index (χ3n) is 4.79. The average Bonchev–Trinajstić information content (AvgIpc) is 2.53. The summed E-state index contributed by atoms with van der Waals surface area (Å²) in [7, 11) is 0. The van der Waals surface area contributed by atoms with Crippen LogP contribution in [0, 0.1) is 5.92 Å². The molecule has 0 bridgehead atoms. The summed E-state index contributed by atoms with van der Waals surface area (Å²) in [6.07, 6.45) is -1.24. The van der Waals surface area contributed by atoms with Crippen LogP contribution < -0.4 is 0 Å². The number of ether oxygens (including phenoxy) is 3. The van der Waals surface area contributed by atoms with Gasteiger partial charge >= 0.3 is 0 Å². The Morgan fingerprint density at radius 3 is 2.61 bits per heavy atom. The molecule has 6 nitrogen and oxygen atoms in total. The lowest BCUT2D eigenvalue weighted by Crippen LogP contribution is -2.74. The molecule has 0 spiro atoms. The topological polar surface area (TPSA) is 68.2 Å². The van der Waals surface area contributed by atoms with Crippen molar-refractivity contribution in [2.75, 3.05) is 13.2 Å². The first-order valence-electron chi connectivity index (χ1n) is 7.95. The van der Waals surface area contributed by atoms with Gasteiger partial charge < -0.3 is 24.2 Å². The molecule has 23 heavy (non-hydrogen) atoms. The highest BCUT2D eigenvalue weighted by Gasteiger charge is 2.59. The smallest absolute Gasteiger partial charge is 0.235 e. The van der Waals surface area contributed by atoms with Gasteiger partial charge in [0.15, 0.2) is 6.29 Å². The Kier molecular flexibility index (Phi) is 3.46. The maximum atomic E-state index is 12.3. The predicted molar refractivity (Wildman–Crippen MR) is 80.2 cm³/mol. The van der Waals surface area contributed by atoms with E-state index in [0.29, 0.717) is 13.2 Å². The zero-order chi connectivity index (χ0) is 16.2. The number of rotatable bonds is 2. The fraction of sp³-hybridized carbons (Fsp3) is 0.588. The molecule has 1 aromatic carbocycles. The maximum Gasteiger partial charge on any atom is 0.235 e. The van der Waals surface area contributed by atoms with Crippen molar-refractivity contribution in [3.05, 3.63) is 35.9 Å². The van der Waals surface area contributed by atoms with Crippen molar-refractivity contribution in [1.82, 2.24) is 4.90 Å². The Balaban J connectivity index is 1.47. The van der Waals surface area contributed by atoms with Crippen LogP contribution in [0.15, 0.2) is 30.3 Å². The molecule has 5 atom stereocenters. The van der Waals surface area contributed by atoms with Crippen LogP contribution in [0.5, 0.6) is 0 Å². The third-order valence-corrected chi connectivity index (χ3v) is 4.79. The van der Waals surface area contributed by atoms with Gasteiger partial charge in [0.25, 0.3) is 0 Å². The van der Waals surface area contributed by atoms with Crippen LogP contribution in [-0.2, 0) is 19.0 Å². The van der Waals surface area contributed by atoms with Crippen molar-refractivity contribution in [2.24, 2.45) is 5.92 Å². The fourth-order valence-electron chi connectivity index (χ4n) is 3.54. The predicted octanol–water partition coefficient (Wildman–Crippen LogP) is 1.05. The lowest BCUT2D eigenvalue weighted by atomic mass is 9.80. The minimum absolute atomic E-state index is 0.0766. The van der Waals surface area contributed by atoms with Crippen molar-refractivity contribution in [1.29, 1.82) is 0 Å². The highest BCUT2D eigenvalue weighted by atomic mass is 16.7.